The van der Waals surface area contributed by atoms with Gasteiger partial charge in [-0.25, -0.2) is 0 Å². The van der Waals surface area contributed by atoms with Crippen molar-refractivity contribution in [3.63, 3.8) is 0 Å². The highest BCUT2D eigenvalue weighted by Crippen LogP contribution is 2.43. The predicted octanol–water partition coefficient (Wildman–Crippen LogP) is 5.35. The van der Waals surface area contributed by atoms with Crippen molar-refractivity contribution in [3.8, 4) is 5.69 Å². The fourth-order valence-corrected chi connectivity index (χ4v) is 5.36. The number of pyridine rings is 1. The highest BCUT2D eigenvalue weighted by atomic mass is 35.5. The minimum Gasteiger partial charge on any atom is -0.378 e. The Balaban J connectivity index is 1.57. The maximum atomic E-state index is 12.0. The van der Waals surface area contributed by atoms with Crippen LogP contribution in [0.3, 0.4) is 0 Å². The van der Waals surface area contributed by atoms with E-state index < -0.39 is 0 Å². The molecule has 0 radical (unpaired) electrons. The Morgan fingerprint density at radius 2 is 1.87 bits per heavy atom. The molecule has 2 atom stereocenters. The Hall–Kier alpha value is -3.92. The molecule has 0 saturated carbocycles. The van der Waals surface area contributed by atoms with Crippen molar-refractivity contribution in [2.24, 2.45) is 0 Å². The van der Waals surface area contributed by atoms with Gasteiger partial charge in [-0.15, -0.1) is 0 Å². The number of anilines is 3. The summed E-state index contributed by atoms with van der Waals surface area (Å²) < 4.78 is 7.08. The second-order valence-corrected chi connectivity index (χ2v) is 10.1. The van der Waals surface area contributed by atoms with Gasteiger partial charge in [0, 0.05) is 56.4 Å². The third kappa shape index (κ3) is 5.47. The molecule has 0 aliphatic carbocycles. The number of hydrogen-bond donors (Lipinski definition) is 2. The number of nitrogens with zero attached hydrogens (tertiary/aromatic N) is 4. The zero-order valence-electron chi connectivity index (χ0n) is 21.8. The van der Waals surface area contributed by atoms with E-state index in [1.165, 1.54) is 7.11 Å². The maximum Gasteiger partial charge on any atom is 0.250 e. The molecular weight excluding hydrogens is 532 g/mol. The summed E-state index contributed by atoms with van der Waals surface area (Å²) in [4.78, 5) is 20.8. The van der Waals surface area contributed by atoms with Gasteiger partial charge in [0.25, 0.3) is 0 Å². The highest BCUT2D eigenvalue weighted by molar-refractivity contribution is 7.80. The molecule has 39 heavy (non-hydrogen) atoms. The fourth-order valence-electron chi connectivity index (χ4n) is 4.79. The van der Waals surface area contributed by atoms with E-state index in [2.05, 4.69) is 66.5 Å². The largest absolute Gasteiger partial charge is 0.378 e. The average Bonchev–Trinajstić information content (AvgIpc) is 3.55. The summed E-state index contributed by atoms with van der Waals surface area (Å²) in [5.74, 6) is -0.281. The summed E-state index contributed by atoms with van der Waals surface area (Å²) >= 11 is 12.5. The molecule has 2 aromatic carbocycles. The number of carbonyl (C=O) groups excluding carboxylic acids is 1. The third-order valence-electron chi connectivity index (χ3n) is 6.61. The van der Waals surface area contributed by atoms with Gasteiger partial charge < -0.3 is 29.7 Å². The highest BCUT2D eigenvalue weighted by Gasteiger charge is 2.42. The number of halogens is 1. The van der Waals surface area contributed by atoms with E-state index in [1.54, 1.807) is 12.3 Å². The van der Waals surface area contributed by atoms with Gasteiger partial charge in [0.2, 0.25) is 5.91 Å². The van der Waals surface area contributed by atoms with Gasteiger partial charge in [-0.1, -0.05) is 17.7 Å². The number of aromatic nitrogens is 2. The number of amides is 1. The van der Waals surface area contributed by atoms with Crippen LogP contribution < -0.4 is 20.4 Å². The molecule has 2 N–H and O–H groups in total. The maximum absolute atomic E-state index is 12.0. The number of carbonyl (C=O) groups is 1. The van der Waals surface area contributed by atoms with E-state index >= 15 is 0 Å². The molecule has 10 heteroatoms. The van der Waals surface area contributed by atoms with Crippen LogP contribution in [-0.4, -0.2) is 48.4 Å². The Morgan fingerprint density at radius 1 is 1.10 bits per heavy atom. The van der Waals surface area contributed by atoms with Gasteiger partial charge in [0.1, 0.15) is 12.6 Å². The lowest BCUT2D eigenvalue weighted by molar-refractivity contribution is -0.119. The lowest BCUT2D eigenvalue weighted by atomic mass is 10.0. The normalized spacial score (nSPS) is 16.7. The molecule has 4 aromatic rings. The van der Waals surface area contributed by atoms with Crippen molar-refractivity contribution >= 4 is 51.9 Å². The zero-order chi connectivity index (χ0) is 27.5. The molecule has 0 spiro atoms. The molecule has 0 bridgehead atoms. The van der Waals surface area contributed by atoms with Crippen molar-refractivity contribution < 1.29 is 9.53 Å². The predicted molar refractivity (Wildman–Crippen MR) is 160 cm³/mol. The number of rotatable bonds is 8. The van der Waals surface area contributed by atoms with Crippen LogP contribution in [-0.2, 0) is 9.53 Å². The lowest BCUT2D eigenvalue weighted by Gasteiger charge is -2.29. The standard InChI is InChI=1S/C29H29ClN6O2S/c1-34(2)19-9-11-20(12-10-19)35-16-6-8-25(35)28-27(24-7-4-5-15-31-24)33-29(39)36(28)21-13-14-23(22(30)17-21)32-26(37)18-38-3/h4-17,27-28H,18H2,1-3H3,(H,32,37)(H,33,39)/t27-,28-/m0/s1. The van der Waals surface area contributed by atoms with Crippen molar-refractivity contribution in [1.82, 2.24) is 14.9 Å². The molecule has 200 valence electrons. The number of methoxy groups -OCH3 is 1. The summed E-state index contributed by atoms with van der Waals surface area (Å²) in [5.41, 5.74) is 5.36. The summed E-state index contributed by atoms with van der Waals surface area (Å²) in [5, 5.41) is 7.22. The minimum atomic E-state index is -0.281. The van der Waals surface area contributed by atoms with Gasteiger partial charge in [0.05, 0.1) is 22.4 Å². The second kappa shape index (κ2) is 11.4. The van der Waals surface area contributed by atoms with Crippen molar-refractivity contribution in [3.05, 3.63) is 102 Å². The summed E-state index contributed by atoms with van der Waals surface area (Å²) in [6.07, 6.45) is 3.84. The van der Waals surface area contributed by atoms with Gasteiger partial charge in [-0.2, -0.15) is 0 Å². The molecule has 1 aliphatic heterocycles. The van der Waals surface area contributed by atoms with Crippen molar-refractivity contribution in [1.29, 1.82) is 0 Å². The Labute approximate surface area is 238 Å². The van der Waals surface area contributed by atoms with Crippen LogP contribution in [0, 0.1) is 0 Å². The Morgan fingerprint density at radius 3 is 2.54 bits per heavy atom. The van der Waals surface area contributed by atoms with Crippen molar-refractivity contribution in [2.75, 3.05) is 42.9 Å². The molecule has 1 amide bonds. The van der Waals surface area contributed by atoms with Crippen LogP contribution in [0.5, 0.6) is 0 Å². The number of benzene rings is 2. The smallest absolute Gasteiger partial charge is 0.250 e. The van der Waals surface area contributed by atoms with Gasteiger partial charge in [0.15, 0.2) is 5.11 Å². The van der Waals surface area contributed by atoms with E-state index in [-0.39, 0.29) is 24.6 Å². The Kier molecular flexibility index (Phi) is 7.83. The number of ether oxygens (including phenoxy) is 1. The fraction of sp³-hybridized carbons (Fsp3) is 0.207. The number of hydrogen-bond acceptors (Lipinski definition) is 5. The minimum absolute atomic E-state index is 0.0570. The first kappa shape index (κ1) is 26.7. The van der Waals surface area contributed by atoms with Crippen LogP contribution in [0.2, 0.25) is 5.02 Å². The third-order valence-corrected chi connectivity index (χ3v) is 7.23. The van der Waals surface area contributed by atoms with E-state index in [1.807, 2.05) is 50.5 Å². The van der Waals surface area contributed by atoms with E-state index in [9.17, 15) is 4.79 Å². The van der Waals surface area contributed by atoms with Gasteiger partial charge in [-0.05, 0) is 78.9 Å². The molecule has 1 aliphatic rings. The van der Waals surface area contributed by atoms with Crippen LogP contribution in [0.1, 0.15) is 23.5 Å². The molecule has 3 heterocycles. The van der Waals surface area contributed by atoms with Crippen molar-refractivity contribution in [2.45, 2.75) is 12.1 Å². The summed E-state index contributed by atoms with van der Waals surface area (Å²) in [6.45, 7) is -0.0570. The zero-order valence-corrected chi connectivity index (χ0v) is 23.4. The molecule has 0 unspecified atom stereocenters. The molecule has 1 fully saturated rings. The monoisotopic (exact) mass is 560 g/mol. The van der Waals surface area contributed by atoms with E-state index in [0.29, 0.717) is 15.8 Å². The van der Waals surface area contributed by atoms with Gasteiger partial charge in [-0.3, -0.25) is 9.78 Å². The van der Waals surface area contributed by atoms with Crippen LogP contribution in [0.4, 0.5) is 17.1 Å². The van der Waals surface area contributed by atoms with Crippen LogP contribution in [0.15, 0.2) is 85.2 Å². The van der Waals surface area contributed by atoms with Crippen LogP contribution in [0.25, 0.3) is 5.69 Å². The average molecular weight is 561 g/mol. The SMILES string of the molecule is COCC(=O)Nc1ccc(N2C(=S)N[C@@H](c3ccccn3)[C@@H]2c2cccn2-c2ccc(N(C)C)cc2)cc1Cl. The molecule has 8 nitrogen and oxygen atoms in total. The quantitative estimate of drug-likeness (QED) is 0.281. The van der Waals surface area contributed by atoms with E-state index in [0.717, 1.165) is 28.5 Å². The first-order valence-corrected chi connectivity index (χ1v) is 13.2. The topological polar surface area (TPSA) is 74.7 Å². The first-order chi connectivity index (χ1) is 18.9. The number of nitrogens with one attached hydrogen (secondary N) is 2. The molecule has 2 aromatic heterocycles. The van der Waals surface area contributed by atoms with Gasteiger partial charge >= 0.3 is 0 Å². The Bertz CT molecular complexity index is 1470. The summed E-state index contributed by atoms with van der Waals surface area (Å²) in [7, 11) is 5.52. The second-order valence-electron chi connectivity index (χ2n) is 9.36. The van der Waals surface area contributed by atoms with Crippen LogP contribution >= 0.6 is 23.8 Å². The first-order valence-electron chi connectivity index (χ1n) is 12.4. The van der Waals surface area contributed by atoms with E-state index in [4.69, 9.17) is 28.6 Å². The lowest BCUT2D eigenvalue weighted by Crippen LogP contribution is -2.30. The number of thiocarbonyl (C=S) groups is 1. The molecular formula is C29H29ClN6O2S. The molecule has 5 rings (SSSR count). The molecule has 1 saturated heterocycles. The summed E-state index contributed by atoms with van der Waals surface area (Å²) in [6, 6.07) is 23.4.